The molecule has 2 atom stereocenters. The zero-order chi connectivity index (χ0) is 23.6. The summed E-state index contributed by atoms with van der Waals surface area (Å²) in [5, 5.41) is 6.31. The third kappa shape index (κ3) is 4.79. The van der Waals surface area contributed by atoms with Crippen LogP contribution in [0.15, 0.2) is 30.6 Å². The second-order valence-electron chi connectivity index (χ2n) is 9.45. The molecule has 2 fully saturated rings. The summed E-state index contributed by atoms with van der Waals surface area (Å²) in [5.41, 5.74) is 2.96. The molecule has 8 heteroatoms. The average Bonchev–Trinajstić information content (AvgIpc) is 3.19. The first-order valence-electron chi connectivity index (χ1n) is 11.6. The van der Waals surface area contributed by atoms with Crippen molar-refractivity contribution in [3.05, 3.63) is 36.2 Å². The van der Waals surface area contributed by atoms with E-state index in [-0.39, 0.29) is 17.9 Å². The van der Waals surface area contributed by atoms with Gasteiger partial charge in [0.15, 0.2) is 5.82 Å². The van der Waals surface area contributed by atoms with Crippen molar-refractivity contribution in [2.75, 3.05) is 24.4 Å². The smallest absolute Gasteiger partial charge is 0.407 e. The lowest BCUT2D eigenvalue weighted by atomic mass is 10.0. The summed E-state index contributed by atoms with van der Waals surface area (Å²) in [6, 6.07) is 6.13. The van der Waals surface area contributed by atoms with Crippen LogP contribution in [0.2, 0.25) is 0 Å². The number of nitrogens with zero attached hydrogens (tertiary/aromatic N) is 3. The molecule has 8 nitrogen and oxygen atoms in total. The van der Waals surface area contributed by atoms with Crippen molar-refractivity contribution in [2.45, 2.75) is 58.5 Å². The molecule has 2 aromatic heterocycles. The van der Waals surface area contributed by atoms with Crippen LogP contribution in [0, 0.1) is 11.3 Å². The highest BCUT2D eigenvalue weighted by Crippen LogP contribution is 2.53. The fraction of sp³-hybridized carbons (Fsp3) is 0.520. The Morgan fingerprint density at radius 2 is 1.97 bits per heavy atom. The van der Waals surface area contributed by atoms with E-state index in [0.29, 0.717) is 12.0 Å². The standard InChI is InChI=1S/C25H33N5O3/c1-16-13-25(16,2)23(31)30(3)21-10-9-20(29-22(21)28-18-7-5-6-8-18)19-11-12-26-14-17(19)15-27-24(32)33-4/h9-12,14,16,18H,5-8,13,15H2,1-4H3,(H,27,32)(H,28,29). The summed E-state index contributed by atoms with van der Waals surface area (Å²) in [6.07, 6.45) is 8.44. The topological polar surface area (TPSA) is 96.5 Å². The van der Waals surface area contributed by atoms with Gasteiger partial charge >= 0.3 is 6.09 Å². The molecule has 176 valence electrons. The highest BCUT2D eigenvalue weighted by Gasteiger charge is 2.54. The molecule has 0 spiro atoms. The number of aromatic nitrogens is 2. The number of hydrogen-bond donors (Lipinski definition) is 2. The third-order valence-electron chi connectivity index (χ3n) is 7.17. The number of rotatable bonds is 7. The summed E-state index contributed by atoms with van der Waals surface area (Å²) in [5.74, 6) is 1.24. The van der Waals surface area contributed by atoms with Crippen molar-refractivity contribution in [3.63, 3.8) is 0 Å². The van der Waals surface area contributed by atoms with Gasteiger partial charge in [-0.2, -0.15) is 0 Å². The molecular formula is C25H33N5O3. The van der Waals surface area contributed by atoms with Crippen molar-refractivity contribution in [3.8, 4) is 11.3 Å². The van der Waals surface area contributed by atoms with Crippen LogP contribution in [0.3, 0.4) is 0 Å². The summed E-state index contributed by atoms with van der Waals surface area (Å²) < 4.78 is 4.68. The Balaban J connectivity index is 1.67. The molecule has 0 aliphatic heterocycles. The minimum atomic E-state index is -0.500. The fourth-order valence-electron chi connectivity index (χ4n) is 4.67. The van der Waals surface area contributed by atoms with E-state index in [2.05, 4.69) is 27.3 Å². The lowest BCUT2D eigenvalue weighted by Gasteiger charge is -2.26. The van der Waals surface area contributed by atoms with Crippen LogP contribution in [-0.2, 0) is 16.1 Å². The number of alkyl carbamates (subject to hydrolysis) is 1. The van der Waals surface area contributed by atoms with Crippen LogP contribution >= 0.6 is 0 Å². The lowest BCUT2D eigenvalue weighted by Crippen LogP contribution is -2.34. The Labute approximate surface area is 195 Å². The normalized spacial score (nSPS) is 22.0. The highest BCUT2D eigenvalue weighted by molar-refractivity contribution is 6.01. The summed E-state index contributed by atoms with van der Waals surface area (Å²) in [4.78, 5) is 35.7. The SMILES string of the molecule is COC(=O)NCc1cnccc1-c1ccc(N(C)C(=O)C2(C)CC2C)c(NC2CCCC2)n1. The molecule has 33 heavy (non-hydrogen) atoms. The van der Waals surface area contributed by atoms with Gasteiger partial charge in [-0.15, -0.1) is 0 Å². The minimum Gasteiger partial charge on any atom is -0.453 e. The van der Waals surface area contributed by atoms with Crippen LogP contribution in [0.1, 0.15) is 51.5 Å². The highest BCUT2D eigenvalue weighted by atomic mass is 16.5. The van der Waals surface area contributed by atoms with Crippen LogP contribution in [0.5, 0.6) is 0 Å². The van der Waals surface area contributed by atoms with Gasteiger partial charge in [0, 0.05) is 43.0 Å². The van der Waals surface area contributed by atoms with Gasteiger partial charge in [-0.25, -0.2) is 9.78 Å². The number of methoxy groups -OCH3 is 1. The van der Waals surface area contributed by atoms with Crippen molar-refractivity contribution in [1.82, 2.24) is 15.3 Å². The van der Waals surface area contributed by atoms with E-state index in [0.717, 1.165) is 47.6 Å². The van der Waals surface area contributed by atoms with Crippen LogP contribution in [-0.4, -0.2) is 42.2 Å². The molecule has 2 heterocycles. The quantitative estimate of drug-likeness (QED) is 0.649. The molecule has 0 bridgehead atoms. The average molecular weight is 452 g/mol. The van der Waals surface area contributed by atoms with Gasteiger partial charge in [-0.3, -0.25) is 9.78 Å². The Morgan fingerprint density at radius 1 is 1.24 bits per heavy atom. The molecule has 2 aromatic rings. The first kappa shape index (κ1) is 23.0. The molecule has 2 unspecified atom stereocenters. The number of carbonyl (C=O) groups excluding carboxylic acids is 2. The van der Waals surface area contributed by atoms with Gasteiger partial charge in [0.05, 0.1) is 18.5 Å². The van der Waals surface area contributed by atoms with E-state index in [9.17, 15) is 9.59 Å². The van der Waals surface area contributed by atoms with Gasteiger partial charge in [-0.05, 0) is 48.9 Å². The van der Waals surface area contributed by atoms with E-state index in [4.69, 9.17) is 4.98 Å². The zero-order valence-corrected chi connectivity index (χ0v) is 19.9. The predicted molar refractivity (Wildman–Crippen MR) is 128 cm³/mol. The van der Waals surface area contributed by atoms with Crippen LogP contribution in [0.25, 0.3) is 11.3 Å². The molecule has 2 aliphatic rings. The number of ether oxygens (including phenoxy) is 1. The van der Waals surface area contributed by atoms with E-state index in [1.165, 1.54) is 20.0 Å². The van der Waals surface area contributed by atoms with Crippen molar-refractivity contribution < 1.29 is 14.3 Å². The fourth-order valence-corrected chi connectivity index (χ4v) is 4.67. The molecule has 2 N–H and O–H groups in total. The predicted octanol–water partition coefficient (Wildman–Crippen LogP) is 4.36. The third-order valence-corrected chi connectivity index (χ3v) is 7.17. The second-order valence-corrected chi connectivity index (χ2v) is 9.45. The van der Waals surface area contributed by atoms with E-state index < -0.39 is 6.09 Å². The van der Waals surface area contributed by atoms with Gasteiger partial charge in [0.2, 0.25) is 5.91 Å². The summed E-state index contributed by atoms with van der Waals surface area (Å²) in [6.45, 7) is 4.44. The Kier molecular flexibility index (Phi) is 6.54. The first-order valence-corrected chi connectivity index (χ1v) is 11.6. The molecular weight excluding hydrogens is 418 g/mol. The van der Waals surface area contributed by atoms with Crippen LogP contribution < -0.4 is 15.5 Å². The van der Waals surface area contributed by atoms with E-state index in [1.807, 2.05) is 32.2 Å². The van der Waals surface area contributed by atoms with Crippen LogP contribution in [0.4, 0.5) is 16.3 Å². The number of amides is 2. The monoisotopic (exact) mass is 451 g/mol. The second kappa shape index (κ2) is 9.37. The van der Waals surface area contributed by atoms with Gasteiger partial charge in [-0.1, -0.05) is 26.7 Å². The van der Waals surface area contributed by atoms with E-state index in [1.54, 1.807) is 17.3 Å². The number of nitrogens with one attached hydrogen (secondary N) is 2. The van der Waals surface area contributed by atoms with Crippen molar-refractivity contribution in [2.24, 2.45) is 11.3 Å². The summed E-state index contributed by atoms with van der Waals surface area (Å²) in [7, 11) is 3.18. The number of hydrogen-bond acceptors (Lipinski definition) is 6. The summed E-state index contributed by atoms with van der Waals surface area (Å²) >= 11 is 0. The molecule has 4 rings (SSSR count). The molecule has 2 saturated carbocycles. The van der Waals surface area contributed by atoms with Gasteiger partial charge < -0.3 is 20.3 Å². The number of pyridine rings is 2. The largest absolute Gasteiger partial charge is 0.453 e. The molecule has 2 amide bonds. The first-order chi connectivity index (χ1) is 15.8. The maximum atomic E-state index is 13.2. The maximum Gasteiger partial charge on any atom is 0.407 e. The van der Waals surface area contributed by atoms with Crippen molar-refractivity contribution >= 4 is 23.5 Å². The minimum absolute atomic E-state index is 0.130. The molecule has 0 radical (unpaired) electrons. The van der Waals surface area contributed by atoms with Crippen molar-refractivity contribution in [1.29, 1.82) is 0 Å². The zero-order valence-electron chi connectivity index (χ0n) is 19.9. The van der Waals surface area contributed by atoms with E-state index >= 15 is 0 Å². The molecule has 2 aliphatic carbocycles. The number of carbonyl (C=O) groups is 2. The number of anilines is 2. The lowest BCUT2D eigenvalue weighted by molar-refractivity contribution is -0.123. The Hall–Kier alpha value is -3.16. The Bertz CT molecular complexity index is 1040. The van der Waals surface area contributed by atoms with Gasteiger partial charge in [0.1, 0.15) is 0 Å². The molecule has 0 aromatic carbocycles. The molecule has 0 saturated heterocycles. The maximum absolute atomic E-state index is 13.2. The van der Waals surface area contributed by atoms with Gasteiger partial charge in [0.25, 0.3) is 0 Å². The Morgan fingerprint density at radius 3 is 2.64 bits per heavy atom.